The Balaban J connectivity index is 2.27. The summed E-state index contributed by atoms with van der Waals surface area (Å²) in [6, 6.07) is 8.27. The molecule has 0 saturated heterocycles. The third-order valence-electron chi connectivity index (χ3n) is 3.92. The van der Waals surface area contributed by atoms with Crippen molar-refractivity contribution in [3.63, 3.8) is 0 Å². The summed E-state index contributed by atoms with van der Waals surface area (Å²) >= 11 is 5.86. The van der Waals surface area contributed by atoms with Gasteiger partial charge in [-0.25, -0.2) is 9.59 Å². The number of nitrogens with zero attached hydrogens (tertiary/aromatic N) is 1. The van der Waals surface area contributed by atoms with Gasteiger partial charge in [0.25, 0.3) is 0 Å². The van der Waals surface area contributed by atoms with Crippen LogP contribution in [-0.2, 0) is 19.1 Å². The van der Waals surface area contributed by atoms with Gasteiger partial charge < -0.3 is 24.4 Å². The van der Waals surface area contributed by atoms with Crippen molar-refractivity contribution in [2.45, 2.75) is 13.8 Å². The fourth-order valence-electron chi connectivity index (χ4n) is 2.39. The Morgan fingerprint density at radius 1 is 0.938 bits per heavy atom. The van der Waals surface area contributed by atoms with Crippen molar-refractivity contribution in [2.75, 3.05) is 24.1 Å². The first-order valence-electron chi connectivity index (χ1n) is 8.83. The summed E-state index contributed by atoms with van der Waals surface area (Å²) in [5.41, 5.74) is 0.941. The van der Waals surface area contributed by atoms with E-state index < -0.39 is 18.9 Å². The molecule has 32 heavy (non-hydrogen) atoms. The third-order valence-corrected chi connectivity index (χ3v) is 7.10. The lowest BCUT2D eigenvalue weighted by Crippen LogP contribution is -2.27. The van der Waals surface area contributed by atoms with Crippen LogP contribution in [0.4, 0.5) is 16.2 Å². The summed E-state index contributed by atoms with van der Waals surface area (Å²) < 4.78 is 16.3. The molecule has 0 aliphatic carbocycles. The van der Waals surface area contributed by atoms with E-state index in [9.17, 15) is 19.2 Å². The number of anilines is 2. The highest BCUT2D eigenvalue weighted by molar-refractivity contribution is 14.1. The van der Waals surface area contributed by atoms with Crippen LogP contribution in [-0.4, -0.2) is 37.8 Å². The van der Waals surface area contributed by atoms with Crippen LogP contribution in [0.15, 0.2) is 30.3 Å². The van der Waals surface area contributed by atoms with E-state index in [2.05, 4.69) is 5.32 Å². The Morgan fingerprint density at radius 2 is 1.56 bits per heavy atom. The lowest BCUT2D eigenvalue weighted by Gasteiger charge is -2.24. The van der Waals surface area contributed by atoms with Gasteiger partial charge in [-0.1, -0.05) is 18.2 Å². The number of rotatable bonds is 6. The summed E-state index contributed by atoms with van der Waals surface area (Å²) in [6.07, 6.45) is -1.04. The van der Waals surface area contributed by atoms with Crippen LogP contribution in [0.2, 0.25) is 0 Å². The van der Waals surface area contributed by atoms with Gasteiger partial charge in [-0.3, -0.25) is 9.59 Å². The van der Waals surface area contributed by atoms with E-state index in [1.54, 1.807) is 37.4 Å². The van der Waals surface area contributed by atoms with Crippen LogP contribution in [0.5, 0.6) is 5.75 Å². The first kappa shape index (κ1) is 26.6. The number of para-hydroxylation sites is 1. The van der Waals surface area contributed by atoms with Crippen molar-refractivity contribution in [3.8, 4) is 5.75 Å². The quantitative estimate of drug-likeness (QED) is 0.195. The highest BCUT2D eigenvalue weighted by Gasteiger charge is 2.29. The van der Waals surface area contributed by atoms with Gasteiger partial charge in [0.15, 0.2) is 0 Å². The van der Waals surface area contributed by atoms with Gasteiger partial charge in [-0.05, 0) is 79.9 Å². The van der Waals surface area contributed by atoms with Crippen LogP contribution in [0.25, 0.3) is 0 Å². The summed E-state index contributed by atoms with van der Waals surface area (Å²) in [4.78, 5) is 49.7. The van der Waals surface area contributed by atoms with E-state index >= 15 is 0 Å². The van der Waals surface area contributed by atoms with E-state index in [1.165, 1.54) is 18.7 Å². The summed E-state index contributed by atoms with van der Waals surface area (Å²) in [6.45, 7) is 2.03. The van der Waals surface area contributed by atoms with Crippen molar-refractivity contribution in [2.24, 2.45) is 0 Å². The van der Waals surface area contributed by atoms with Crippen molar-refractivity contribution in [1.82, 2.24) is 0 Å². The second kappa shape index (κ2) is 12.0. The number of carbonyl (C=O) groups is 4. The van der Waals surface area contributed by atoms with E-state index in [4.69, 9.17) is 14.2 Å². The van der Waals surface area contributed by atoms with Gasteiger partial charge in [0.2, 0.25) is 18.6 Å². The zero-order valence-electron chi connectivity index (χ0n) is 17.0. The lowest BCUT2D eigenvalue weighted by atomic mass is 10.1. The molecule has 0 saturated carbocycles. The number of amides is 2. The van der Waals surface area contributed by atoms with Gasteiger partial charge in [0.05, 0.1) is 27.6 Å². The zero-order chi connectivity index (χ0) is 24.0. The Bertz CT molecular complexity index is 1060. The molecule has 0 spiro atoms. The Hall–Kier alpha value is -1.69. The fourth-order valence-corrected chi connectivity index (χ4v) is 6.99. The number of carbonyl (C=O) groups excluding carboxylic acids is 4. The minimum Gasteiger partial charge on any atom is -0.424 e. The Labute approximate surface area is 224 Å². The molecule has 0 radical (unpaired) electrons. The number of esters is 1. The lowest BCUT2D eigenvalue weighted by molar-refractivity contribution is -0.116. The largest absolute Gasteiger partial charge is 0.516 e. The maximum Gasteiger partial charge on any atom is 0.516 e. The van der Waals surface area contributed by atoms with Gasteiger partial charge >= 0.3 is 12.1 Å². The van der Waals surface area contributed by atoms with Crippen LogP contribution < -0.4 is 15.0 Å². The smallest absolute Gasteiger partial charge is 0.424 e. The first-order valence-corrected chi connectivity index (χ1v) is 12.1. The molecule has 0 fully saturated rings. The molecule has 2 aromatic carbocycles. The highest BCUT2D eigenvalue weighted by atomic mass is 127. The van der Waals surface area contributed by atoms with Crippen LogP contribution in [0, 0.1) is 10.7 Å². The molecule has 0 bridgehead atoms. The standard InChI is InChI=1S/C20H17I3N2O7/c1-10(26)24-17-14(21)13(15(22)18(16(17)23)25(3)11(2)27)19(28)30-9-31-20(29)32-12-7-5-4-6-8-12/h4-8H,9H2,1-3H3,(H,24,26). The molecule has 0 aliphatic rings. The number of hydrogen-bond donors (Lipinski definition) is 1. The summed E-state index contributed by atoms with van der Waals surface area (Å²) in [5.74, 6) is -1.12. The normalized spacial score (nSPS) is 10.2. The monoisotopic (exact) mass is 778 g/mol. The van der Waals surface area contributed by atoms with Crippen LogP contribution in [0.3, 0.4) is 0 Å². The Kier molecular flexibility index (Phi) is 9.93. The third kappa shape index (κ3) is 6.66. The second-order valence-corrected chi connectivity index (χ2v) is 9.40. The molecule has 2 aromatic rings. The highest BCUT2D eigenvalue weighted by Crippen LogP contribution is 2.40. The van der Waals surface area contributed by atoms with Crippen LogP contribution in [0.1, 0.15) is 24.2 Å². The molecule has 0 aliphatic heterocycles. The van der Waals surface area contributed by atoms with Crippen molar-refractivity contribution >= 4 is 103 Å². The molecule has 9 nitrogen and oxygen atoms in total. The van der Waals surface area contributed by atoms with Crippen LogP contribution >= 0.6 is 67.8 Å². The molecule has 12 heteroatoms. The molecule has 0 heterocycles. The Morgan fingerprint density at radius 3 is 2.12 bits per heavy atom. The van der Waals surface area contributed by atoms with Gasteiger partial charge in [-0.2, -0.15) is 0 Å². The fraction of sp³-hybridized carbons (Fsp3) is 0.200. The zero-order valence-corrected chi connectivity index (χ0v) is 23.5. The van der Waals surface area contributed by atoms with Gasteiger partial charge in [-0.15, -0.1) is 0 Å². The predicted octanol–water partition coefficient (Wildman–Crippen LogP) is 4.77. The molecule has 170 valence electrons. The molecule has 2 amide bonds. The number of benzene rings is 2. The van der Waals surface area contributed by atoms with Gasteiger partial charge in [0, 0.05) is 20.9 Å². The minimum atomic E-state index is -1.04. The van der Waals surface area contributed by atoms with E-state index in [0.29, 0.717) is 22.1 Å². The van der Waals surface area contributed by atoms with Crippen molar-refractivity contribution in [1.29, 1.82) is 0 Å². The average molecular weight is 778 g/mol. The molecule has 2 rings (SSSR count). The number of halogens is 3. The molecule has 1 N–H and O–H groups in total. The van der Waals surface area contributed by atoms with Crippen molar-refractivity contribution < 1.29 is 33.4 Å². The maximum absolute atomic E-state index is 12.8. The van der Waals surface area contributed by atoms with Gasteiger partial charge in [0.1, 0.15) is 5.75 Å². The SMILES string of the molecule is CC(=O)Nc1c(I)c(C(=O)OCOC(=O)Oc2ccccc2)c(I)c(N(C)C(C)=O)c1I. The average Bonchev–Trinajstić information content (AvgIpc) is 2.71. The van der Waals surface area contributed by atoms with E-state index in [-0.39, 0.29) is 23.1 Å². The topological polar surface area (TPSA) is 111 Å². The van der Waals surface area contributed by atoms with E-state index in [1.807, 2.05) is 67.8 Å². The maximum atomic E-state index is 12.8. The number of nitrogens with one attached hydrogen (secondary N) is 1. The first-order chi connectivity index (χ1) is 15.0. The molecular weight excluding hydrogens is 761 g/mol. The number of ether oxygens (including phenoxy) is 3. The molecule has 0 atom stereocenters. The molecule has 0 aromatic heterocycles. The second-order valence-electron chi connectivity index (χ2n) is 6.16. The summed E-state index contributed by atoms with van der Waals surface area (Å²) in [5, 5.41) is 2.69. The van der Waals surface area contributed by atoms with Crippen molar-refractivity contribution in [3.05, 3.63) is 46.6 Å². The predicted molar refractivity (Wildman–Crippen MR) is 142 cm³/mol. The summed E-state index contributed by atoms with van der Waals surface area (Å²) in [7, 11) is 1.56. The molecule has 0 unspecified atom stereocenters. The molecular formula is C20H17I3N2O7. The number of hydrogen-bond acceptors (Lipinski definition) is 7. The van der Waals surface area contributed by atoms with E-state index in [0.717, 1.165) is 0 Å². The minimum absolute atomic E-state index is 0.124.